The van der Waals surface area contributed by atoms with Gasteiger partial charge in [0.25, 0.3) is 0 Å². The summed E-state index contributed by atoms with van der Waals surface area (Å²) in [6, 6.07) is 43.2. The molecule has 7 heteroatoms. The van der Waals surface area contributed by atoms with Crippen LogP contribution in [0, 0.1) is 0 Å². The molecule has 186 valence electrons. The zero-order valence-corrected chi connectivity index (χ0v) is 23.0. The fourth-order valence-corrected chi connectivity index (χ4v) is 6.08. The molecule has 0 unspecified atom stereocenters. The van der Waals surface area contributed by atoms with E-state index in [-0.39, 0.29) is 31.3 Å². The molecule has 0 aromatic heterocycles. The molecule has 0 spiro atoms. The summed E-state index contributed by atoms with van der Waals surface area (Å²) >= 11 is 4.56. The summed E-state index contributed by atoms with van der Waals surface area (Å²) in [6.07, 6.45) is 1.38. The van der Waals surface area contributed by atoms with Crippen LogP contribution in [-0.2, 0) is 33.1 Å². The van der Waals surface area contributed by atoms with Gasteiger partial charge in [-0.05, 0) is 45.3 Å². The van der Waals surface area contributed by atoms with E-state index in [4.69, 9.17) is 5.73 Å². The van der Waals surface area contributed by atoms with Crippen LogP contribution in [0.15, 0.2) is 138 Å². The molecule has 2 N–H and O–H groups in total. The standard InChI is InChI=1S/C18H15P.C12H11N3OS.Pd/c1-4-10-16(11-5-1)19(17-12-6-2-7-13-17)18-14-8-3-9-15-18;13-12(17)15-14-7-10-9-4-2-1-3-8(9)5-6-11(10)16;/h1-15H;1-7,16H,(H3,13,15,17);/q;;+2/p-2/b;14-7+;. The van der Waals surface area contributed by atoms with Gasteiger partial charge in [-0.25, -0.2) is 0 Å². The molecule has 0 atom stereocenters. The maximum Gasteiger partial charge on any atom is 2.00 e. The third-order valence-electron chi connectivity index (χ3n) is 5.32. The molecule has 0 heterocycles. The van der Waals surface area contributed by atoms with E-state index in [1.165, 1.54) is 28.2 Å². The molecule has 0 aliphatic heterocycles. The van der Waals surface area contributed by atoms with Crippen molar-refractivity contribution in [2.24, 2.45) is 15.9 Å². The van der Waals surface area contributed by atoms with Gasteiger partial charge in [0.15, 0.2) is 0 Å². The van der Waals surface area contributed by atoms with Crippen molar-refractivity contribution in [3.05, 3.63) is 133 Å². The van der Waals surface area contributed by atoms with E-state index < -0.39 is 7.92 Å². The van der Waals surface area contributed by atoms with Crippen LogP contribution in [-0.4, -0.2) is 11.4 Å². The SMILES string of the molecule is N/C([S-])=N/N=C/c1c([O-])ccc2ccccc12.[Pd+2].c1ccc(P(c2ccccc2)c2ccccc2)cc1. The molecule has 0 bridgehead atoms. The predicted octanol–water partition coefficient (Wildman–Crippen LogP) is 4.55. The van der Waals surface area contributed by atoms with Gasteiger partial charge in [0.05, 0.1) is 6.21 Å². The van der Waals surface area contributed by atoms with Crippen LogP contribution >= 0.6 is 7.92 Å². The van der Waals surface area contributed by atoms with Crippen LogP contribution in [0.25, 0.3) is 10.8 Å². The van der Waals surface area contributed by atoms with Crippen molar-refractivity contribution >= 4 is 58.6 Å². The van der Waals surface area contributed by atoms with Crippen LogP contribution in [0.3, 0.4) is 0 Å². The number of rotatable bonds is 5. The van der Waals surface area contributed by atoms with Crippen molar-refractivity contribution in [2.45, 2.75) is 0 Å². The molecule has 0 fully saturated rings. The monoisotopic (exact) mass is 611 g/mol. The van der Waals surface area contributed by atoms with E-state index in [9.17, 15) is 5.11 Å². The third kappa shape index (κ3) is 7.80. The van der Waals surface area contributed by atoms with Crippen molar-refractivity contribution in [3.63, 3.8) is 0 Å². The third-order valence-corrected chi connectivity index (χ3v) is 7.84. The molecular formula is C30H24N3OPPdS. The largest absolute Gasteiger partial charge is 2.00 e. The van der Waals surface area contributed by atoms with Crippen LogP contribution in [0.1, 0.15) is 5.56 Å². The van der Waals surface area contributed by atoms with Gasteiger partial charge in [0.2, 0.25) is 0 Å². The number of nitrogens with zero attached hydrogens (tertiary/aromatic N) is 2. The zero-order valence-electron chi connectivity index (χ0n) is 19.8. The average Bonchev–Trinajstić information content (AvgIpc) is 2.92. The van der Waals surface area contributed by atoms with E-state index in [1.807, 2.05) is 24.3 Å². The molecule has 5 aromatic carbocycles. The van der Waals surface area contributed by atoms with Gasteiger partial charge in [-0.1, -0.05) is 133 Å². The number of hydrogen-bond acceptors (Lipinski definition) is 4. The summed E-state index contributed by atoms with van der Waals surface area (Å²) < 4.78 is 0. The summed E-state index contributed by atoms with van der Waals surface area (Å²) in [4.78, 5) is 0. The fourth-order valence-electron chi connectivity index (χ4n) is 3.73. The minimum absolute atomic E-state index is 0. The molecule has 4 nitrogen and oxygen atoms in total. The number of hydrogen-bond donors (Lipinski definition) is 1. The molecule has 5 aromatic rings. The molecule has 5 rings (SSSR count). The van der Waals surface area contributed by atoms with Gasteiger partial charge < -0.3 is 23.5 Å². The molecule has 0 saturated carbocycles. The minimum Gasteiger partial charge on any atom is -0.872 e. The molecule has 0 saturated heterocycles. The number of nitrogens with two attached hydrogens (primary N) is 1. The van der Waals surface area contributed by atoms with Crippen LogP contribution < -0.4 is 26.8 Å². The summed E-state index contributed by atoms with van der Waals surface area (Å²) in [6.45, 7) is 0. The number of fused-ring (bicyclic) bond motifs is 1. The number of benzene rings is 5. The second-order valence-corrected chi connectivity index (χ2v) is 10.4. The smallest absolute Gasteiger partial charge is 0.872 e. The second kappa shape index (κ2) is 14.4. The molecular weight excluding hydrogens is 588 g/mol. The maximum absolute atomic E-state index is 11.7. The zero-order chi connectivity index (χ0) is 25.2. The van der Waals surface area contributed by atoms with Crippen molar-refractivity contribution in [2.75, 3.05) is 0 Å². The maximum atomic E-state index is 11.7. The quantitative estimate of drug-likeness (QED) is 0.0792. The Morgan fingerprint density at radius 1 is 0.676 bits per heavy atom. The summed E-state index contributed by atoms with van der Waals surface area (Å²) in [5.41, 5.74) is 5.67. The van der Waals surface area contributed by atoms with Gasteiger partial charge in [-0.15, -0.1) is 0 Å². The first-order valence-corrected chi connectivity index (χ1v) is 13.1. The summed E-state index contributed by atoms with van der Waals surface area (Å²) in [5.74, 6) is -0.106. The van der Waals surface area contributed by atoms with Crippen LogP contribution in [0.2, 0.25) is 0 Å². The van der Waals surface area contributed by atoms with E-state index in [0.29, 0.717) is 5.56 Å². The van der Waals surface area contributed by atoms with Gasteiger partial charge >= 0.3 is 20.4 Å². The first-order chi connectivity index (χ1) is 17.6. The Morgan fingerprint density at radius 3 is 1.62 bits per heavy atom. The van der Waals surface area contributed by atoms with Gasteiger partial charge in [-0.3, -0.25) is 0 Å². The Morgan fingerprint density at radius 2 is 1.14 bits per heavy atom. The average molecular weight is 612 g/mol. The Balaban J connectivity index is 0.000000201. The Kier molecular flexibility index (Phi) is 11.0. The molecule has 0 aliphatic carbocycles. The summed E-state index contributed by atoms with van der Waals surface area (Å²) in [5, 5.41) is 24.8. The van der Waals surface area contributed by atoms with E-state index in [2.05, 4.69) is 114 Å². The van der Waals surface area contributed by atoms with Crippen LogP contribution in [0.5, 0.6) is 5.75 Å². The topological polar surface area (TPSA) is 73.8 Å². The van der Waals surface area contributed by atoms with Crippen molar-refractivity contribution < 1.29 is 25.5 Å². The molecule has 0 aliphatic rings. The molecule has 37 heavy (non-hydrogen) atoms. The van der Waals surface area contributed by atoms with Crippen molar-refractivity contribution in [1.29, 1.82) is 0 Å². The fraction of sp³-hybridized carbons (Fsp3) is 0. The van der Waals surface area contributed by atoms with E-state index in [1.54, 1.807) is 6.07 Å². The first kappa shape index (κ1) is 28.2. The molecule has 0 amide bonds. The Labute approximate surface area is 237 Å². The minimum atomic E-state index is -0.446. The van der Waals surface area contributed by atoms with Gasteiger partial charge in [-0.2, -0.15) is 10.2 Å². The van der Waals surface area contributed by atoms with Gasteiger partial charge in [0, 0.05) is 0 Å². The second-order valence-electron chi connectivity index (χ2n) is 7.72. The van der Waals surface area contributed by atoms with Gasteiger partial charge in [0.1, 0.15) is 0 Å². The van der Waals surface area contributed by atoms with E-state index in [0.717, 1.165) is 10.8 Å². The van der Waals surface area contributed by atoms with Crippen LogP contribution in [0.4, 0.5) is 0 Å². The van der Waals surface area contributed by atoms with E-state index >= 15 is 0 Å². The van der Waals surface area contributed by atoms with Crippen molar-refractivity contribution in [1.82, 2.24) is 0 Å². The Bertz CT molecular complexity index is 1370. The van der Waals surface area contributed by atoms with Crippen molar-refractivity contribution in [3.8, 4) is 5.75 Å². The normalized spacial score (nSPS) is 11.1. The molecule has 0 radical (unpaired) electrons. The number of amidine groups is 1. The Hall–Kier alpha value is -3.39. The predicted molar refractivity (Wildman–Crippen MR) is 155 cm³/mol. The summed E-state index contributed by atoms with van der Waals surface area (Å²) in [7, 11) is -0.446. The first-order valence-electron chi connectivity index (χ1n) is 11.3.